The Morgan fingerprint density at radius 2 is 1.83 bits per heavy atom. The highest BCUT2D eigenvalue weighted by molar-refractivity contribution is 7.18. The number of fused-ring (bicyclic) bond motifs is 1. The van der Waals surface area contributed by atoms with Crippen molar-refractivity contribution in [1.29, 1.82) is 5.26 Å². The van der Waals surface area contributed by atoms with Gasteiger partial charge in [0.25, 0.3) is 0 Å². The molecule has 0 radical (unpaired) electrons. The molecular weight excluding hydrogens is 318 g/mol. The molecule has 0 aliphatic carbocycles. The second kappa shape index (κ2) is 5.72. The Labute approximate surface area is 142 Å². The number of thiophene rings is 1. The van der Waals surface area contributed by atoms with E-state index in [0.29, 0.717) is 16.4 Å². The number of hydrogen-bond donors (Lipinski definition) is 3. The van der Waals surface area contributed by atoms with Gasteiger partial charge in [0.2, 0.25) is 0 Å². The van der Waals surface area contributed by atoms with E-state index in [-0.39, 0.29) is 0 Å². The van der Waals surface area contributed by atoms with Gasteiger partial charge in [-0.1, -0.05) is 30.3 Å². The van der Waals surface area contributed by atoms with E-state index in [0.717, 1.165) is 27.3 Å². The first-order valence-corrected chi connectivity index (χ1v) is 8.17. The summed E-state index contributed by atoms with van der Waals surface area (Å²) in [5, 5.41) is 13.5. The van der Waals surface area contributed by atoms with Crippen molar-refractivity contribution in [2.75, 3.05) is 11.1 Å². The molecule has 0 fully saturated rings. The Balaban J connectivity index is 1.87. The maximum Gasteiger partial charge on any atom is 0.143 e. The molecule has 6 heteroatoms. The fourth-order valence-electron chi connectivity index (χ4n) is 2.57. The summed E-state index contributed by atoms with van der Waals surface area (Å²) in [4.78, 5) is 8.37. The lowest BCUT2D eigenvalue weighted by atomic mass is 10.2. The molecule has 5 nitrogen and oxygen atoms in total. The van der Waals surface area contributed by atoms with Gasteiger partial charge < -0.3 is 16.0 Å². The SMILES string of the molecule is N#Cc1sc(Nc2ccccc2)c(-c2nc3ccccc3[nH]2)c1N. The lowest BCUT2D eigenvalue weighted by molar-refractivity contribution is 1.34. The van der Waals surface area contributed by atoms with Gasteiger partial charge >= 0.3 is 0 Å². The van der Waals surface area contributed by atoms with Crippen LogP contribution in [-0.2, 0) is 0 Å². The number of aromatic nitrogens is 2. The summed E-state index contributed by atoms with van der Waals surface area (Å²) in [6.45, 7) is 0. The number of nitrogens with two attached hydrogens (primary N) is 1. The van der Waals surface area contributed by atoms with Gasteiger partial charge in [-0.3, -0.25) is 0 Å². The van der Waals surface area contributed by atoms with E-state index in [1.165, 1.54) is 11.3 Å². The second-order valence-electron chi connectivity index (χ2n) is 5.25. The Hall–Kier alpha value is -3.30. The molecule has 2 heterocycles. The molecule has 4 aromatic rings. The number of anilines is 3. The third-order valence-electron chi connectivity index (χ3n) is 3.70. The first-order chi connectivity index (χ1) is 11.8. The van der Waals surface area contributed by atoms with Crippen molar-refractivity contribution in [2.24, 2.45) is 0 Å². The first-order valence-electron chi connectivity index (χ1n) is 7.36. The van der Waals surface area contributed by atoms with Crippen LogP contribution in [0.15, 0.2) is 54.6 Å². The molecule has 0 aliphatic heterocycles. The maximum atomic E-state index is 9.33. The Morgan fingerprint density at radius 1 is 1.08 bits per heavy atom. The van der Waals surface area contributed by atoms with Gasteiger partial charge in [-0.15, -0.1) is 11.3 Å². The zero-order valence-corrected chi connectivity index (χ0v) is 13.4. The van der Waals surface area contributed by atoms with Crippen molar-refractivity contribution in [2.45, 2.75) is 0 Å². The number of rotatable bonds is 3. The van der Waals surface area contributed by atoms with E-state index in [1.54, 1.807) is 0 Å². The third-order valence-corrected chi connectivity index (χ3v) is 4.73. The van der Waals surface area contributed by atoms with Crippen LogP contribution in [0.2, 0.25) is 0 Å². The molecule has 2 aromatic carbocycles. The van der Waals surface area contributed by atoms with E-state index in [2.05, 4.69) is 21.4 Å². The number of aromatic amines is 1. The van der Waals surface area contributed by atoms with Gasteiger partial charge in [0.05, 0.1) is 22.3 Å². The summed E-state index contributed by atoms with van der Waals surface area (Å²) in [5.74, 6) is 0.657. The normalized spacial score (nSPS) is 10.6. The average Bonchev–Trinajstić information content (AvgIpc) is 3.16. The molecule has 0 atom stereocenters. The summed E-state index contributed by atoms with van der Waals surface area (Å²) < 4.78 is 0. The van der Waals surface area contributed by atoms with E-state index in [1.807, 2.05) is 54.6 Å². The summed E-state index contributed by atoms with van der Waals surface area (Å²) in [7, 11) is 0. The van der Waals surface area contributed by atoms with Gasteiger partial charge in [0.1, 0.15) is 21.8 Å². The predicted molar refractivity (Wildman–Crippen MR) is 98.3 cm³/mol. The summed E-state index contributed by atoms with van der Waals surface area (Å²) in [5.41, 5.74) is 10.1. The summed E-state index contributed by atoms with van der Waals surface area (Å²) >= 11 is 1.33. The van der Waals surface area contributed by atoms with E-state index >= 15 is 0 Å². The van der Waals surface area contributed by atoms with Crippen molar-refractivity contribution in [1.82, 2.24) is 9.97 Å². The third kappa shape index (κ3) is 2.37. The molecule has 2 aromatic heterocycles. The highest BCUT2D eigenvalue weighted by atomic mass is 32.1. The summed E-state index contributed by atoms with van der Waals surface area (Å²) in [6.07, 6.45) is 0. The lowest BCUT2D eigenvalue weighted by Gasteiger charge is -2.06. The second-order valence-corrected chi connectivity index (χ2v) is 6.27. The van der Waals surface area contributed by atoms with Crippen LogP contribution in [0.3, 0.4) is 0 Å². The molecule has 24 heavy (non-hydrogen) atoms. The monoisotopic (exact) mass is 331 g/mol. The van der Waals surface area contributed by atoms with E-state index < -0.39 is 0 Å². The molecule has 116 valence electrons. The lowest BCUT2D eigenvalue weighted by Crippen LogP contribution is -1.93. The minimum atomic E-state index is 0.444. The van der Waals surface area contributed by atoms with E-state index in [9.17, 15) is 5.26 Å². The highest BCUT2D eigenvalue weighted by Crippen LogP contribution is 2.43. The molecular formula is C18H13N5S. The minimum Gasteiger partial charge on any atom is -0.396 e. The van der Waals surface area contributed by atoms with Crippen LogP contribution in [-0.4, -0.2) is 9.97 Å². The maximum absolute atomic E-state index is 9.33. The number of nitrogens with one attached hydrogen (secondary N) is 2. The van der Waals surface area contributed by atoms with Gasteiger partial charge in [-0.2, -0.15) is 5.26 Å². The smallest absolute Gasteiger partial charge is 0.143 e. The van der Waals surface area contributed by atoms with Crippen molar-refractivity contribution in [3.05, 3.63) is 59.5 Å². The molecule has 4 N–H and O–H groups in total. The molecule has 0 spiro atoms. The number of hydrogen-bond acceptors (Lipinski definition) is 5. The van der Waals surface area contributed by atoms with Gasteiger partial charge in [-0.05, 0) is 24.3 Å². The average molecular weight is 331 g/mol. The van der Waals surface area contributed by atoms with Gasteiger partial charge in [-0.25, -0.2) is 4.98 Å². The summed E-state index contributed by atoms with van der Waals surface area (Å²) in [6, 6.07) is 19.7. The van der Waals surface area contributed by atoms with Crippen LogP contribution in [0.4, 0.5) is 16.4 Å². The Morgan fingerprint density at radius 3 is 2.58 bits per heavy atom. The van der Waals surface area contributed by atoms with Crippen LogP contribution < -0.4 is 11.1 Å². The molecule has 0 bridgehead atoms. The highest BCUT2D eigenvalue weighted by Gasteiger charge is 2.20. The largest absolute Gasteiger partial charge is 0.396 e. The number of nitrogens with zero attached hydrogens (tertiary/aromatic N) is 2. The van der Waals surface area contributed by atoms with Crippen molar-refractivity contribution in [3.8, 4) is 17.5 Å². The van der Waals surface area contributed by atoms with Crippen LogP contribution in [0.1, 0.15) is 4.88 Å². The fraction of sp³-hybridized carbons (Fsp3) is 0. The van der Waals surface area contributed by atoms with E-state index in [4.69, 9.17) is 5.73 Å². The Kier molecular flexibility index (Phi) is 3.41. The Bertz CT molecular complexity index is 1020. The van der Waals surface area contributed by atoms with Crippen molar-refractivity contribution < 1.29 is 0 Å². The number of nitrogen functional groups attached to an aromatic ring is 1. The molecule has 0 saturated heterocycles. The topological polar surface area (TPSA) is 90.5 Å². The van der Waals surface area contributed by atoms with Gasteiger partial charge in [0.15, 0.2) is 0 Å². The predicted octanol–water partition coefficient (Wildman–Crippen LogP) is 4.49. The van der Waals surface area contributed by atoms with Crippen LogP contribution in [0, 0.1) is 11.3 Å². The molecule has 0 unspecified atom stereocenters. The zero-order valence-electron chi connectivity index (χ0n) is 12.6. The van der Waals surface area contributed by atoms with Crippen molar-refractivity contribution in [3.63, 3.8) is 0 Å². The first kappa shape index (κ1) is 14.3. The van der Waals surface area contributed by atoms with Gasteiger partial charge in [0, 0.05) is 5.69 Å². The molecule has 0 saturated carbocycles. The fourth-order valence-corrected chi connectivity index (χ4v) is 3.51. The zero-order chi connectivity index (χ0) is 16.5. The number of benzene rings is 2. The van der Waals surface area contributed by atoms with Crippen LogP contribution in [0.25, 0.3) is 22.4 Å². The number of para-hydroxylation sites is 3. The van der Waals surface area contributed by atoms with Crippen LogP contribution >= 0.6 is 11.3 Å². The molecule has 4 rings (SSSR count). The standard InChI is InChI=1S/C18H13N5S/c19-10-14-16(20)15(17-22-12-8-4-5-9-13(12)23-17)18(24-14)21-11-6-2-1-3-7-11/h1-9,21H,20H2,(H,22,23). The van der Waals surface area contributed by atoms with Crippen LogP contribution in [0.5, 0.6) is 0 Å². The number of H-pyrrole nitrogens is 1. The van der Waals surface area contributed by atoms with Crippen molar-refractivity contribution >= 4 is 38.7 Å². The molecule has 0 aliphatic rings. The minimum absolute atomic E-state index is 0.444. The quantitative estimate of drug-likeness (QED) is 0.516. The number of imidazole rings is 1. The molecule has 0 amide bonds. The number of nitriles is 1.